The minimum absolute atomic E-state index is 0.202. The fourth-order valence-corrected chi connectivity index (χ4v) is 3.71. The number of carbonyl (C=O) groups is 1. The van der Waals surface area contributed by atoms with E-state index >= 15 is 0 Å². The molecule has 128 valence electrons. The van der Waals surface area contributed by atoms with Gasteiger partial charge in [-0.2, -0.15) is 0 Å². The van der Waals surface area contributed by atoms with Crippen LogP contribution in [0.3, 0.4) is 0 Å². The molecule has 1 saturated heterocycles. The molecule has 2 aromatic rings. The maximum absolute atomic E-state index is 12.0. The van der Waals surface area contributed by atoms with Gasteiger partial charge in [0.1, 0.15) is 5.01 Å². The van der Waals surface area contributed by atoms with Gasteiger partial charge in [-0.15, -0.1) is 10.2 Å². The van der Waals surface area contributed by atoms with Crippen LogP contribution in [0.4, 0.5) is 15.6 Å². The highest BCUT2D eigenvalue weighted by Crippen LogP contribution is 2.23. The minimum Gasteiger partial charge on any atom is -0.371 e. The number of rotatable bonds is 6. The lowest BCUT2D eigenvalue weighted by molar-refractivity contribution is 0.250. The van der Waals surface area contributed by atoms with Gasteiger partial charge < -0.3 is 10.2 Å². The van der Waals surface area contributed by atoms with Crippen molar-refractivity contribution in [3.8, 4) is 0 Å². The summed E-state index contributed by atoms with van der Waals surface area (Å²) in [6.45, 7) is 4.79. The van der Waals surface area contributed by atoms with Crippen molar-refractivity contribution in [1.29, 1.82) is 0 Å². The molecule has 2 amide bonds. The highest BCUT2D eigenvalue weighted by atomic mass is 32.1. The molecule has 7 heteroatoms. The number of carbonyl (C=O) groups excluding carboxylic acids is 1. The summed E-state index contributed by atoms with van der Waals surface area (Å²) in [5.41, 5.74) is 1.25. The average Bonchev–Trinajstić information content (AvgIpc) is 3.24. The van der Waals surface area contributed by atoms with Gasteiger partial charge in [-0.05, 0) is 30.9 Å². The van der Waals surface area contributed by atoms with Crippen LogP contribution in [0.5, 0.6) is 0 Å². The number of nitrogens with zero attached hydrogens (tertiary/aromatic N) is 3. The summed E-state index contributed by atoms with van der Waals surface area (Å²) in [4.78, 5) is 14.4. The molecule has 0 bridgehead atoms. The molecule has 1 aliphatic heterocycles. The number of benzene rings is 1. The van der Waals surface area contributed by atoms with Crippen LogP contribution in [0.25, 0.3) is 0 Å². The maximum Gasteiger partial charge on any atom is 0.321 e. The van der Waals surface area contributed by atoms with Crippen LogP contribution in [0, 0.1) is 5.92 Å². The Balaban J connectivity index is 1.42. The van der Waals surface area contributed by atoms with Gasteiger partial charge >= 0.3 is 6.03 Å². The number of nitrogens with one attached hydrogen (secondary N) is 2. The fraction of sp³-hybridized carbons (Fsp3) is 0.471. The molecule has 1 atom stereocenters. The molecule has 0 radical (unpaired) electrons. The molecular weight excluding hydrogens is 322 g/mol. The number of hydrogen-bond donors (Lipinski definition) is 2. The highest BCUT2D eigenvalue weighted by molar-refractivity contribution is 7.15. The molecule has 0 unspecified atom stereocenters. The Morgan fingerprint density at radius 2 is 2.17 bits per heavy atom. The third-order valence-electron chi connectivity index (χ3n) is 4.11. The van der Waals surface area contributed by atoms with Gasteiger partial charge in [-0.25, -0.2) is 4.79 Å². The zero-order chi connectivity index (χ0) is 16.8. The Labute approximate surface area is 146 Å². The van der Waals surface area contributed by atoms with E-state index in [2.05, 4.69) is 56.9 Å². The summed E-state index contributed by atoms with van der Waals surface area (Å²) >= 11 is 1.44. The second kappa shape index (κ2) is 8.10. The number of para-hydroxylation sites is 1. The summed E-state index contributed by atoms with van der Waals surface area (Å²) in [7, 11) is 0. The van der Waals surface area contributed by atoms with E-state index in [-0.39, 0.29) is 6.03 Å². The Morgan fingerprint density at radius 1 is 1.33 bits per heavy atom. The molecule has 0 aliphatic carbocycles. The molecule has 1 aromatic heterocycles. The van der Waals surface area contributed by atoms with Crippen molar-refractivity contribution >= 4 is 28.2 Å². The lowest BCUT2D eigenvalue weighted by atomic mass is 10.1. The molecule has 2 heterocycles. The maximum atomic E-state index is 12.0. The van der Waals surface area contributed by atoms with E-state index in [1.165, 1.54) is 17.0 Å². The van der Waals surface area contributed by atoms with Crippen molar-refractivity contribution in [2.45, 2.75) is 26.2 Å². The van der Waals surface area contributed by atoms with Crippen LogP contribution in [0.1, 0.15) is 24.8 Å². The van der Waals surface area contributed by atoms with Crippen molar-refractivity contribution in [3.63, 3.8) is 0 Å². The highest BCUT2D eigenvalue weighted by Gasteiger charge is 2.23. The van der Waals surface area contributed by atoms with Crippen molar-refractivity contribution in [2.24, 2.45) is 5.92 Å². The minimum atomic E-state index is -0.202. The zero-order valence-corrected chi connectivity index (χ0v) is 14.7. The molecule has 0 spiro atoms. The van der Waals surface area contributed by atoms with Crippen LogP contribution in [0.15, 0.2) is 30.3 Å². The van der Waals surface area contributed by atoms with Gasteiger partial charge in [-0.1, -0.05) is 36.5 Å². The van der Waals surface area contributed by atoms with E-state index in [4.69, 9.17) is 0 Å². The SMILES string of the molecule is CCCc1nnc(NC(=O)NC[C@@H]2CCN(c3ccccc3)C2)s1. The summed E-state index contributed by atoms with van der Waals surface area (Å²) in [5.74, 6) is 0.473. The normalized spacial score (nSPS) is 17.0. The molecule has 2 N–H and O–H groups in total. The van der Waals surface area contributed by atoms with Crippen LogP contribution in [-0.4, -0.2) is 35.9 Å². The third kappa shape index (κ3) is 4.44. The quantitative estimate of drug-likeness (QED) is 0.844. The van der Waals surface area contributed by atoms with Crippen LogP contribution >= 0.6 is 11.3 Å². The van der Waals surface area contributed by atoms with Crippen LogP contribution in [-0.2, 0) is 6.42 Å². The van der Waals surface area contributed by atoms with E-state index in [1.807, 2.05) is 6.07 Å². The van der Waals surface area contributed by atoms with E-state index in [9.17, 15) is 4.79 Å². The number of aryl methyl sites for hydroxylation is 1. The number of amides is 2. The van der Waals surface area contributed by atoms with E-state index in [0.29, 0.717) is 17.6 Å². The van der Waals surface area contributed by atoms with E-state index in [1.54, 1.807) is 0 Å². The first-order valence-electron chi connectivity index (χ1n) is 8.42. The van der Waals surface area contributed by atoms with Gasteiger partial charge in [0.15, 0.2) is 0 Å². The predicted octanol–water partition coefficient (Wildman–Crippen LogP) is 3.14. The van der Waals surface area contributed by atoms with Crippen molar-refractivity contribution < 1.29 is 4.79 Å². The topological polar surface area (TPSA) is 70.1 Å². The van der Waals surface area contributed by atoms with Crippen molar-refractivity contribution in [3.05, 3.63) is 35.3 Å². The summed E-state index contributed by atoms with van der Waals surface area (Å²) in [5, 5.41) is 15.3. The van der Waals surface area contributed by atoms with Gasteiger partial charge in [0.2, 0.25) is 5.13 Å². The number of hydrogen-bond acceptors (Lipinski definition) is 5. The fourth-order valence-electron chi connectivity index (χ4n) is 2.87. The molecule has 3 rings (SSSR count). The van der Waals surface area contributed by atoms with Crippen molar-refractivity contribution in [2.75, 3.05) is 29.9 Å². The average molecular weight is 345 g/mol. The summed E-state index contributed by atoms with van der Waals surface area (Å²) in [6.07, 6.45) is 3.02. The lowest BCUT2D eigenvalue weighted by Crippen LogP contribution is -2.34. The molecule has 6 nitrogen and oxygen atoms in total. The van der Waals surface area contributed by atoms with Gasteiger partial charge in [0.25, 0.3) is 0 Å². The summed E-state index contributed by atoms with van der Waals surface area (Å²) < 4.78 is 0. The number of aromatic nitrogens is 2. The molecule has 1 aliphatic rings. The molecule has 1 aromatic carbocycles. The largest absolute Gasteiger partial charge is 0.371 e. The summed E-state index contributed by atoms with van der Waals surface area (Å²) in [6, 6.07) is 10.2. The Hall–Kier alpha value is -2.15. The zero-order valence-electron chi connectivity index (χ0n) is 13.9. The Bertz CT molecular complexity index is 660. The molecule has 0 saturated carbocycles. The van der Waals surface area contributed by atoms with E-state index in [0.717, 1.165) is 37.4 Å². The van der Waals surface area contributed by atoms with Gasteiger partial charge in [0.05, 0.1) is 0 Å². The van der Waals surface area contributed by atoms with Gasteiger partial charge in [-0.3, -0.25) is 5.32 Å². The third-order valence-corrected chi connectivity index (χ3v) is 5.01. The standard InChI is InChI=1S/C17H23N5OS/c1-2-6-15-20-21-17(24-15)19-16(23)18-11-13-9-10-22(12-13)14-7-4-3-5-8-14/h3-5,7-8,13H,2,6,9-12H2,1H3,(H2,18,19,21,23)/t13-/m0/s1. The smallest absolute Gasteiger partial charge is 0.321 e. The van der Waals surface area contributed by atoms with Crippen LogP contribution < -0.4 is 15.5 Å². The number of urea groups is 1. The lowest BCUT2D eigenvalue weighted by Gasteiger charge is -2.18. The molecule has 24 heavy (non-hydrogen) atoms. The van der Waals surface area contributed by atoms with E-state index < -0.39 is 0 Å². The number of anilines is 2. The molecule has 1 fully saturated rings. The predicted molar refractivity (Wildman–Crippen MR) is 97.7 cm³/mol. The van der Waals surface area contributed by atoms with Crippen LogP contribution in [0.2, 0.25) is 0 Å². The first kappa shape index (κ1) is 16.7. The second-order valence-electron chi connectivity index (χ2n) is 6.02. The first-order chi connectivity index (χ1) is 11.7. The Kier molecular flexibility index (Phi) is 5.63. The second-order valence-corrected chi connectivity index (χ2v) is 7.08. The first-order valence-corrected chi connectivity index (χ1v) is 9.23. The van der Waals surface area contributed by atoms with Crippen molar-refractivity contribution in [1.82, 2.24) is 15.5 Å². The van der Waals surface area contributed by atoms with Gasteiger partial charge in [0, 0.05) is 31.7 Å². The molecular formula is C17H23N5OS. The monoisotopic (exact) mass is 345 g/mol. The Morgan fingerprint density at radius 3 is 2.96 bits per heavy atom.